The van der Waals surface area contributed by atoms with Crippen molar-refractivity contribution in [2.45, 2.75) is 63.8 Å². The lowest BCUT2D eigenvalue weighted by molar-refractivity contribution is 0.242. The zero-order valence-corrected chi connectivity index (χ0v) is 21.0. The fourth-order valence-electron chi connectivity index (χ4n) is 3.89. The largest absolute Gasteiger partial charge is 0.491 e. The summed E-state index contributed by atoms with van der Waals surface area (Å²) in [6.07, 6.45) is 4.48. The van der Waals surface area contributed by atoms with E-state index in [2.05, 4.69) is 27.7 Å². The van der Waals surface area contributed by atoms with Crippen LogP contribution in [0.25, 0.3) is 11.4 Å². The molecule has 0 amide bonds. The molecule has 0 aliphatic carbocycles. The minimum absolute atomic E-state index is 0.0394. The van der Waals surface area contributed by atoms with Gasteiger partial charge in [0, 0.05) is 17.7 Å². The molecule has 1 aromatic heterocycles. The van der Waals surface area contributed by atoms with Crippen molar-refractivity contribution in [3.8, 4) is 17.1 Å². The maximum absolute atomic E-state index is 12.1. The number of rotatable bonds is 11. The third-order valence-electron chi connectivity index (χ3n) is 5.84. The van der Waals surface area contributed by atoms with E-state index in [1.807, 2.05) is 41.1 Å². The summed E-state index contributed by atoms with van der Waals surface area (Å²) in [4.78, 5) is 5.22. The average molecular weight is 470 g/mol. The van der Waals surface area contributed by atoms with E-state index in [9.17, 15) is 8.42 Å². The molecule has 3 rings (SSSR count). The summed E-state index contributed by atoms with van der Waals surface area (Å²) in [6, 6.07) is 16.6. The lowest BCUT2D eigenvalue weighted by Gasteiger charge is -2.23. The standard InChI is InChI=1S/C26H35N3O3S/c1-6-7-16-24(19(2)3)26-27-25(21-12-11-15-23(17-21)33(5,30)31)28-29(26)20(4)18-32-22-13-9-8-10-14-22/h8-15,17,19-20,24H,6-7,16,18H2,1-5H3. The first-order valence-corrected chi connectivity index (χ1v) is 13.5. The molecule has 1 heterocycles. The quantitative estimate of drug-likeness (QED) is 0.348. The lowest BCUT2D eigenvalue weighted by atomic mass is 9.89. The summed E-state index contributed by atoms with van der Waals surface area (Å²) in [7, 11) is -3.32. The Morgan fingerprint density at radius 1 is 1.03 bits per heavy atom. The van der Waals surface area contributed by atoms with Crippen molar-refractivity contribution < 1.29 is 13.2 Å². The van der Waals surface area contributed by atoms with Crippen molar-refractivity contribution in [1.82, 2.24) is 14.8 Å². The number of sulfone groups is 1. The molecule has 0 spiro atoms. The van der Waals surface area contributed by atoms with Crippen molar-refractivity contribution in [2.75, 3.05) is 12.9 Å². The highest BCUT2D eigenvalue weighted by molar-refractivity contribution is 7.90. The maximum atomic E-state index is 12.1. The van der Waals surface area contributed by atoms with Gasteiger partial charge in [-0.3, -0.25) is 0 Å². The molecular weight excluding hydrogens is 434 g/mol. The molecule has 3 aromatic rings. The number of unbranched alkanes of at least 4 members (excludes halogenated alkanes) is 1. The Kier molecular flexibility index (Phi) is 8.30. The van der Waals surface area contributed by atoms with Crippen molar-refractivity contribution in [3.05, 3.63) is 60.4 Å². The van der Waals surface area contributed by atoms with Crippen LogP contribution < -0.4 is 4.74 Å². The Morgan fingerprint density at radius 3 is 2.39 bits per heavy atom. The Balaban J connectivity index is 2.00. The second-order valence-corrected chi connectivity index (χ2v) is 11.0. The molecule has 0 aliphatic heterocycles. The van der Waals surface area contributed by atoms with Crippen LogP contribution >= 0.6 is 0 Å². The molecule has 2 atom stereocenters. The normalized spacial score (nSPS) is 13.8. The maximum Gasteiger partial charge on any atom is 0.181 e. The van der Waals surface area contributed by atoms with Crippen molar-refractivity contribution in [1.29, 1.82) is 0 Å². The molecular formula is C26H35N3O3S. The predicted molar refractivity (Wildman–Crippen MR) is 132 cm³/mol. The molecule has 0 radical (unpaired) electrons. The topological polar surface area (TPSA) is 74.1 Å². The third kappa shape index (κ3) is 6.44. The van der Waals surface area contributed by atoms with Gasteiger partial charge in [0.25, 0.3) is 0 Å². The van der Waals surface area contributed by atoms with Crippen LogP contribution in [0.15, 0.2) is 59.5 Å². The summed E-state index contributed by atoms with van der Waals surface area (Å²) < 4.78 is 32.1. The smallest absolute Gasteiger partial charge is 0.181 e. The van der Waals surface area contributed by atoms with E-state index in [4.69, 9.17) is 14.8 Å². The summed E-state index contributed by atoms with van der Waals surface area (Å²) >= 11 is 0. The van der Waals surface area contributed by atoms with Gasteiger partial charge in [0.15, 0.2) is 15.7 Å². The molecule has 2 aromatic carbocycles. The molecule has 0 bridgehead atoms. The van der Waals surface area contributed by atoms with Crippen LogP contribution in [0.1, 0.15) is 64.7 Å². The van der Waals surface area contributed by atoms with Gasteiger partial charge in [-0.25, -0.2) is 18.1 Å². The van der Waals surface area contributed by atoms with Gasteiger partial charge in [-0.1, -0.05) is 63.9 Å². The van der Waals surface area contributed by atoms with Crippen LogP contribution in [0.2, 0.25) is 0 Å². The summed E-state index contributed by atoms with van der Waals surface area (Å²) in [6.45, 7) is 9.17. The van der Waals surface area contributed by atoms with E-state index in [0.29, 0.717) is 23.9 Å². The van der Waals surface area contributed by atoms with Crippen LogP contribution in [0.3, 0.4) is 0 Å². The molecule has 178 valence electrons. The zero-order chi connectivity index (χ0) is 24.0. The fraction of sp³-hybridized carbons (Fsp3) is 0.462. The monoisotopic (exact) mass is 469 g/mol. The minimum atomic E-state index is -3.32. The highest BCUT2D eigenvalue weighted by Crippen LogP contribution is 2.32. The van der Waals surface area contributed by atoms with Crippen LogP contribution in [0.5, 0.6) is 5.75 Å². The molecule has 0 aliphatic rings. The Bertz CT molecular complexity index is 1140. The van der Waals surface area contributed by atoms with Gasteiger partial charge in [-0.2, -0.15) is 5.10 Å². The molecule has 2 unspecified atom stereocenters. The van der Waals surface area contributed by atoms with Crippen LogP contribution in [0, 0.1) is 5.92 Å². The number of nitrogens with zero attached hydrogens (tertiary/aromatic N) is 3. The van der Waals surface area contributed by atoms with Gasteiger partial charge in [0.2, 0.25) is 0 Å². The molecule has 7 heteroatoms. The average Bonchev–Trinajstić information content (AvgIpc) is 3.23. The van der Waals surface area contributed by atoms with Crippen LogP contribution in [-0.4, -0.2) is 36.0 Å². The van der Waals surface area contributed by atoms with Crippen LogP contribution in [-0.2, 0) is 9.84 Å². The van der Waals surface area contributed by atoms with E-state index < -0.39 is 9.84 Å². The van der Waals surface area contributed by atoms with Crippen molar-refractivity contribution >= 4 is 9.84 Å². The first-order chi connectivity index (χ1) is 15.7. The molecule has 6 nitrogen and oxygen atoms in total. The van der Waals surface area contributed by atoms with E-state index in [-0.39, 0.29) is 16.9 Å². The SMILES string of the molecule is CCCCC(c1nc(-c2cccc(S(C)(=O)=O)c2)nn1C(C)COc1ccccc1)C(C)C. The van der Waals surface area contributed by atoms with Gasteiger partial charge in [0.05, 0.1) is 10.9 Å². The fourth-order valence-corrected chi connectivity index (χ4v) is 4.56. The van der Waals surface area contributed by atoms with Gasteiger partial charge in [0.1, 0.15) is 18.2 Å². The second-order valence-electron chi connectivity index (χ2n) is 9.00. The van der Waals surface area contributed by atoms with E-state index in [1.54, 1.807) is 18.2 Å². The predicted octanol–water partition coefficient (Wildman–Crippen LogP) is 5.92. The number of hydrogen-bond acceptors (Lipinski definition) is 5. The molecule has 0 N–H and O–H groups in total. The first kappa shape index (κ1) is 25.0. The highest BCUT2D eigenvalue weighted by atomic mass is 32.2. The lowest BCUT2D eigenvalue weighted by Crippen LogP contribution is -2.21. The van der Waals surface area contributed by atoms with Gasteiger partial charge < -0.3 is 4.74 Å². The van der Waals surface area contributed by atoms with Gasteiger partial charge >= 0.3 is 0 Å². The molecule has 0 saturated carbocycles. The Labute approximate surface area is 197 Å². The molecule has 33 heavy (non-hydrogen) atoms. The van der Waals surface area contributed by atoms with E-state index in [1.165, 1.54) is 6.26 Å². The highest BCUT2D eigenvalue weighted by Gasteiger charge is 2.26. The minimum Gasteiger partial charge on any atom is -0.491 e. The second kappa shape index (κ2) is 11.0. The first-order valence-electron chi connectivity index (χ1n) is 11.7. The third-order valence-corrected chi connectivity index (χ3v) is 6.95. The van der Waals surface area contributed by atoms with E-state index >= 15 is 0 Å². The number of aromatic nitrogens is 3. The summed E-state index contributed by atoms with van der Waals surface area (Å²) in [5.74, 6) is 2.95. The van der Waals surface area contributed by atoms with E-state index in [0.717, 1.165) is 30.8 Å². The number of benzene rings is 2. The van der Waals surface area contributed by atoms with Gasteiger partial charge in [-0.05, 0) is 43.5 Å². The Hall–Kier alpha value is -2.67. The Morgan fingerprint density at radius 2 is 1.76 bits per heavy atom. The van der Waals surface area contributed by atoms with Gasteiger partial charge in [-0.15, -0.1) is 0 Å². The summed E-state index contributed by atoms with van der Waals surface area (Å²) in [5, 5.41) is 4.86. The van der Waals surface area contributed by atoms with Crippen molar-refractivity contribution in [3.63, 3.8) is 0 Å². The zero-order valence-electron chi connectivity index (χ0n) is 20.2. The number of ether oxygens (including phenoxy) is 1. The molecule has 0 fully saturated rings. The van der Waals surface area contributed by atoms with Crippen molar-refractivity contribution in [2.24, 2.45) is 5.92 Å². The van der Waals surface area contributed by atoms with Crippen LogP contribution in [0.4, 0.5) is 0 Å². The number of hydrogen-bond donors (Lipinski definition) is 0. The molecule has 0 saturated heterocycles. The number of para-hydroxylation sites is 1. The summed E-state index contributed by atoms with van der Waals surface area (Å²) in [5.41, 5.74) is 0.701.